The zero-order valence-corrected chi connectivity index (χ0v) is 23.2. The first-order valence-electron chi connectivity index (χ1n) is 13.8. The Balaban J connectivity index is 1.13. The van der Waals surface area contributed by atoms with Gasteiger partial charge in [0, 0.05) is 24.3 Å². The smallest absolute Gasteiger partial charge is 0.323 e. The molecule has 4 aromatic rings. The third-order valence-corrected chi connectivity index (χ3v) is 8.39. The molecule has 1 aliphatic rings. The van der Waals surface area contributed by atoms with Crippen LogP contribution in [0.3, 0.4) is 0 Å². The Bertz CT molecular complexity index is 1420. The van der Waals surface area contributed by atoms with Gasteiger partial charge in [0.1, 0.15) is 12.1 Å². The molecule has 5 rings (SSSR count). The summed E-state index contributed by atoms with van der Waals surface area (Å²) < 4.78 is 6.84. The quantitative estimate of drug-likeness (QED) is 0.104. The number of amides is 1. The molecule has 1 fully saturated rings. The van der Waals surface area contributed by atoms with Gasteiger partial charge < -0.3 is 15.4 Å². The van der Waals surface area contributed by atoms with E-state index in [1.54, 1.807) is 11.5 Å². The van der Waals surface area contributed by atoms with Crippen molar-refractivity contribution in [3.63, 3.8) is 0 Å². The largest absolute Gasteiger partial charge is 0.461 e. The van der Waals surface area contributed by atoms with E-state index in [1.807, 2.05) is 42.5 Å². The van der Waals surface area contributed by atoms with Crippen molar-refractivity contribution in [2.75, 3.05) is 0 Å². The zero-order valence-electron chi connectivity index (χ0n) is 22.4. The highest BCUT2D eigenvalue weighted by Crippen LogP contribution is 2.27. The molecule has 3 aromatic carbocycles. The van der Waals surface area contributed by atoms with Gasteiger partial charge >= 0.3 is 5.97 Å². The topological polar surface area (TPSA) is 99.7 Å². The average Bonchev–Trinajstić information content (AvgIpc) is 3.66. The van der Waals surface area contributed by atoms with Crippen LogP contribution in [0.5, 0.6) is 0 Å². The van der Waals surface area contributed by atoms with Crippen molar-refractivity contribution < 1.29 is 19.5 Å². The summed E-state index contributed by atoms with van der Waals surface area (Å²) in [5.41, 5.74) is 6.21. The van der Waals surface area contributed by atoms with E-state index in [2.05, 4.69) is 41.0 Å². The molecule has 0 bridgehead atoms. The van der Waals surface area contributed by atoms with Crippen molar-refractivity contribution in [2.24, 2.45) is 0 Å². The second-order valence-corrected chi connectivity index (χ2v) is 11.4. The molecule has 1 unspecified atom stereocenters. The lowest BCUT2D eigenvalue weighted by molar-refractivity contribution is -0.151. The minimum atomic E-state index is -0.491. The van der Waals surface area contributed by atoms with Crippen molar-refractivity contribution in [3.8, 4) is 0 Å². The van der Waals surface area contributed by atoms with Crippen molar-refractivity contribution >= 4 is 33.3 Å². The van der Waals surface area contributed by atoms with Gasteiger partial charge in [0.15, 0.2) is 0 Å². The lowest BCUT2D eigenvalue weighted by Gasteiger charge is -2.20. The highest BCUT2D eigenvalue weighted by Gasteiger charge is 2.25. The molecule has 208 valence electrons. The maximum Gasteiger partial charge on any atom is 0.323 e. The van der Waals surface area contributed by atoms with E-state index >= 15 is 0 Å². The number of esters is 1. The molecule has 1 aromatic heterocycles. The van der Waals surface area contributed by atoms with E-state index in [0.717, 1.165) is 59.0 Å². The van der Waals surface area contributed by atoms with Crippen molar-refractivity contribution in [2.45, 2.75) is 63.9 Å². The lowest BCUT2D eigenvalue weighted by Crippen LogP contribution is -2.40. The van der Waals surface area contributed by atoms with Crippen LogP contribution in [0.1, 0.15) is 57.6 Å². The summed E-state index contributed by atoms with van der Waals surface area (Å²) in [5, 5.41) is 16.8. The van der Waals surface area contributed by atoms with Crippen LogP contribution in [-0.4, -0.2) is 29.2 Å². The molecular formula is C32H35N3O4S. The van der Waals surface area contributed by atoms with Crippen LogP contribution >= 0.6 is 11.3 Å². The zero-order chi connectivity index (χ0) is 27.7. The first-order valence-corrected chi connectivity index (χ1v) is 14.6. The number of carbonyl (C=O) groups excluding carboxylic acids is 2. The number of hydrogen-bond donors (Lipinski definition) is 4. The Morgan fingerprint density at radius 2 is 1.52 bits per heavy atom. The highest BCUT2D eigenvalue weighted by molar-refractivity contribution is 7.20. The van der Waals surface area contributed by atoms with E-state index in [4.69, 9.17) is 9.94 Å². The molecule has 1 aliphatic carbocycles. The summed E-state index contributed by atoms with van der Waals surface area (Å²) in [7, 11) is 0. The number of hydroxylamine groups is 1. The van der Waals surface area contributed by atoms with Gasteiger partial charge in [-0.25, -0.2) is 5.48 Å². The predicted molar refractivity (Wildman–Crippen MR) is 157 cm³/mol. The van der Waals surface area contributed by atoms with Gasteiger partial charge in [-0.3, -0.25) is 14.8 Å². The fraction of sp³-hybridized carbons (Fsp3) is 0.312. The number of fused-ring (bicyclic) bond motifs is 1. The van der Waals surface area contributed by atoms with Gasteiger partial charge in [0.25, 0.3) is 5.91 Å². The van der Waals surface area contributed by atoms with Crippen LogP contribution in [0, 0.1) is 0 Å². The van der Waals surface area contributed by atoms with Gasteiger partial charge in [0.05, 0.1) is 4.88 Å². The minimum absolute atomic E-state index is 0.0526. The summed E-state index contributed by atoms with van der Waals surface area (Å²) >= 11 is 1.36. The Hall–Kier alpha value is -3.56. The van der Waals surface area contributed by atoms with Crippen LogP contribution in [0.4, 0.5) is 0 Å². The first kappa shape index (κ1) is 28.0. The molecule has 1 atom stereocenters. The third-order valence-electron chi connectivity index (χ3n) is 7.30. The number of nitrogens with one attached hydrogen (secondary N) is 3. The molecule has 40 heavy (non-hydrogen) atoms. The Morgan fingerprint density at radius 1 is 0.850 bits per heavy atom. The van der Waals surface area contributed by atoms with E-state index in [1.165, 1.54) is 16.9 Å². The second kappa shape index (κ2) is 13.7. The van der Waals surface area contributed by atoms with Gasteiger partial charge in [-0.15, -0.1) is 11.3 Å². The van der Waals surface area contributed by atoms with Crippen LogP contribution in [0.25, 0.3) is 10.1 Å². The second-order valence-electron chi connectivity index (χ2n) is 10.3. The highest BCUT2D eigenvalue weighted by atomic mass is 32.1. The normalized spacial score (nSPS) is 14.3. The number of carbonyl (C=O) groups is 2. The van der Waals surface area contributed by atoms with Gasteiger partial charge in [-0.1, -0.05) is 66.7 Å². The molecule has 4 N–H and O–H groups in total. The molecule has 8 heteroatoms. The van der Waals surface area contributed by atoms with Crippen LogP contribution in [0.15, 0.2) is 78.9 Å². The molecule has 1 saturated carbocycles. The number of benzene rings is 3. The molecule has 1 amide bonds. The van der Waals surface area contributed by atoms with Crippen molar-refractivity contribution in [1.29, 1.82) is 0 Å². The molecular weight excluding hydrogens is 522 g/mol. The number of thiophene rings is 1. The molecule has 0 radical (unpaired) electrons. The fourth-order valence-electron chi connectivity index (χ4n) is 5.06. The number of rotatable bonds is 12. The van der Waals surface area contributed by atoms with Crippen molar-refractivity contribution in [1.82, 2.24) is 16.1 Å². The summed E-state index contributed by atoms with van der Waals surface area (Å²) in [5.74, 6) is -0.652. The first-order chi connectivity index (χ1) is 19.6. The van der Waals surface area contributed by atoms with Gasteiger partial charge in [0.2, 0.25) is 0 Å². The molecule has 0 saturated heterocycles. The maximum absolute atomic E-state index is 13.0. The number of ether oxygens (including phenoxy) is 1. The Kier molecular flexibility index (Phi) is 9.57. The predicted octanol–water partition coefficient (Wildman–Crippen LogP) is 5.50. The van der Waals surface area contributed by atoms with Crippen LogP contribution < -0.4 is 16.1 Å². The van der Waals surface area contributed by atoms with Crippen molar-refractivity contribution in [3.05, 3.63) is 106 Å². The Labute approximate surface area is 238 Å². The van der Waals surface area contributed by atoms with Crippen LogP contribution in [-0.2, 0) is 35.6 Å². The molecule has 0 aliphatic heterocycles. The lowest BCUT2D eigenvalue weighted by atomic mass is 10.1. The number of hydrogen-bond acceptors (Lipinski definition) is 7. The fourth-order valence-corrected chi connectivity index (χ4v) is 6.08. The molecule has 7 nitrogen and oxygen atoms in total. The average molecular weight is 558 g/mol. The summed E-state index contributed by atoms with van der Waals surface area (Å²) in [6, 6.07) is 26.0. The van der Waals surface area contributed by atoms with Crippen LogP contribution in [0.2, 0.25) is 0 Å². The van der Waals surface area contributed by atoms with E-state index in [-0.39, 0.29) is 18.1 Å². The monoisotopic (exact) mass is 557 g/mol. The maximum atomic E-state index is 13.0. The van der Waals surface area contributed by atoms with E-state index in [9.17, 15) is 9.59 Å². The SMILES string of the molecule is O=C(NO)c1cc2ccc(CNCc3ccc(CNC(Cc4ccccc4)C(=O)OC4CCCC4)cc3)cc2s1. The molecule has 1 heterocycles. The van der Waals surface area contributed by atoms with Gasteiger partial charge in [-0.05, 0) is 71.9 Å². The summed E-state index contributed by atoms with van der Waals surface area (Å²) in [6.45, 7) is 2.00. The standard InChI is InChI=1S/C32H35N3O4S/c36-31(35-38)30-18-26-15-14-25(17-29(26)40-30)20-33-19-23-10-12-24(13-11-23)21-34-28(16-22-6-2-1-3-7-22)32(37)39-27-8-4-5-9-27/h1-3,6-7,10-15,17-18,27-28,33-34,38H,4-5,8-9,16,19-21H2,(H,35,36). The minimum Gasteiger partial charge on any atom is -0.461 e. The summed E-state index contributed by atoms with van der Waals surface area (Å²) in [4.78, 5) is 25.2. The Morgan fingerprint density at radius 3 is 2.25 bits per heavy atom. The molecule has 0 spiro atoms. The third kappa shape index (κ3) is 7.55. The van der Waals surface area contributed by atoms with E-state index < -0.39 is 5.91 Å². The van der Waals surface area contributed by atoms with Gasteiger partial charge in [-0.2, -0.15) is 0 Å². The van der Waals surface area contributed by atoms with E-state index in [0.29, 0.717) is 24.4 Å². The summed E-state index contributed by atoms with van der Waals surface area (Å²) in [6.07, 6.45) is 4.84.